The molecule has 2 aromatic rings. The summed E-state index contributed by atoms with van der Waals surface area (Å²) in [6.07, 6.45) is 1.23. The van der Waals surface area contributed by atoms with Crippen LogP contribution in [0.1, 0.15) is 22.2 Å². The van der Waals surface area contributed by atoms with Crippen molar-refractivity contribution in [3.05, 3.63) is 46.2 Å². The van der Waals surface area contributed by atoms with Crippen LogP contribution in [0, 0.1) is 0 Å². The van der Waals surface area contributed by atoms with E-state index in [-0.39, 0.29) is 23.0 Å². The molecule has 0 aliphatic rings. The lowest BCUT2D eigenvalue weighted by molar-refractivity contribution is -0.0515. The first-order chi connectivity index (χ1) is 11.1. The van der Waals surface area contributed by atoms with Gasteiger partial charge in [0.1, 0.15) is 0 Å². The van der Waals surface area contributed by atoms with E-state index < -0.39 is 6.61 Å². The first-order valence-electron chi connectivity index (χ1n) is 6.69. The SMILES string of the molecule is CCOc1cccc(/C=N\NC(=O)c2cccs2)c1OC(F)F. The number of nitrogens with one attached hydrogen (secondary N) is 1. The van der Waals surface area contributed by atoms with Crippen molar-refractivity contribution in [1.82, 2.24) is 5.43 Å². The van der Waals surface area contributed by atoms with E-state index in [4.69, 9.17) is 4.74 Å². The molecule has 1 aromatic heterocycles. The minimum absolute atomic E-state index is 0.126. The quantitative estimate of drug-likeness (QED) is 0.620. The van der Waals surface area contributed by atoms with Crippen LogP contribution in [0.4, 0.5) is 8.78 Å². The summed E-state index contributed by atoms with van der Waals surface area (Å²) in [5.41, 5.74) is 2.59. The third-order valence-corrected chi connectivity index (χ3v) is 3.50. The van der Waals surface area contributed by atoms with Crippen molar-refractivity contribution in [1.29, 1.82) is 0 Å². The van der Waals surface area contributed by atoms with Gasteiger partial charge in [-0.15, -0.1) is 11.3 Å². The summed E-state index contributed by atoms with van der Waals surface area (Å²) in [4.78, 5) is 12.2. The molecule has 2 rings (SSSR count). The molecule has 5 nitrogen and oxygen atoms in total. The van der Waals surface area contributed by atoms with Crippen molar-refractivity contribution in [3.8, 4) is 11.5 Å². The molecule has 0 spiro atoms. The van der Waals surface area contributed by atoms with Gasteiger partial charge in [-0.3, -0.25) is 4.79 Å². The first-order valence-corrected chi connectivity index (χ1v) is 7.57. The Morgan fingerprint density at radius 2 is 2.22 bits per heavy atom. The predicted molar refractivity (Wildman–Crippen MR) is 83.6 cm³/mol. The van der Waals surface area contributed by atoms with Gasteiger partial charge >= 0.3 is 6.61 Å². The minimum atomic E-state index is -3.00. The van der Waals surface area contributed by atoms with Crippen LogP contribution >= 0.6 is 11.3 Å². The highest BCUT2D eigenvalue weighted by molar-refractivity contribution is 7.12. The smallest absolute Gasteiger partial charge is 0.387 e. The van der Waals surface area contributed by atoms with Gasteiger partial charge < -0.3 is 9.47 Å². The number of halogens is 2. The summed E-state index contributed by atoms with van der Waals surface area (Å²) in [6.45, 7) is -0.965. The lowest BCUT2D eigenvalue weighted by Gasteiger charge is -2.13. The second-order valence-electron chi connectivity index (χ2n) is 4.16. The van der Waals surface area contributed by atoms with E-state index in [1.165, 1.54) is 29.7 Å². The molecular weight excluding hydrogens is 326 g/mol. The number of hydrazone groups is 1. The van der Waals surface area contributed by atoms with E-state index in [1.54, 1.807) is 30.5 Å². The number of nitrogens with zero attached hydrogens (tertiary/aromatic N) is 1. The van der Waals surface area contributed by atoms with Crippen molar-refractivity contribution in [2.45, 2.75) is 13.5 Å². The lowest BCUT2D eigenvalue weighted by atomic mass is 10.2. The molecule has 0 saturated carbocycles. The predicted octanol–water partition coefficient (Wildman–Crippen LogP) is 3.51. The van der Waals surface area contributed by atoms with Crippen LogP contribution in [0.3, 0.4) is 0 Å². The van der Waals surface area contributed by atoms with Crippen LogP contribution < -0.4 is 14.9 Å². The van der Waals surface area contributed by atoms with Crippen LogP contribution in [0.15, 0.2) is 40.8 Å². The van der Waals surface area contributed by atoms with Crippen LogP contribution in [0.5, 0.6) is 11.5 Å². The molecule has 1 heterocycles. The Kier molecular flexibility index (Phi) is 6.04. The summed E-state index contributed by atoms with van der Waals surface area (Å²) in [5, 5.41) is 5.53. The van der Waals surface area contributed by atoms with E-state index in [9.17, 15) is 13.6 Å². The summed E-state index contributed by atoms with van der Waals surface area (Å²) >= 11 is 1.27. The summed E-state index contributed by atoms with van der Waals surface area (Å²) < 4.78 is 34.9. The highest BCUT2D eigenvalue weighted by Crippen LogP contribution is 2.31. The molecule has 23 heavy (non-hydrogen) atoms. The van der Waals surface area contributed by atoms with Gasteiger partial charge in [-0.1, -0.05) is 12.1 Å². The standard InChI is InChI=1S/C15H14F2N2O3S/c1-2-21-11-6-3-5-10(13(11)22-15(16)17)9-18-19-14(20)12-7-4-8-23-12/h3-9,15H,2H2,1H3,(H,19,20)/b18-9-. The summed E-state index contributed by atoms with van der Waals surface area (Å²) in [5.74, 6) is -0.326. The molecule has 1 aromatic carbocycles. The van der Waals surface area contributed by atoms with Crippen LogP contribution in [0.2, 0.25) is 0 Å². The second kappa shape index (κ2) is 8.23. The zero-order chi connectivity index (χ0) is 16.7. The highest BCUT2D eigenvalue weighted by atomic mass is 32.1. The molecule has 122 valence electrons. The molecule has 1 N–H and O–H groups in total. The van der Waals surface area contributed by atoms with Gasteiger partial charge in [-0.2, -0.15) is 13.9 Å². The van der Waals surface area contributed by atoms with Crippen molar-refractivity contribution in [3.63, 3.8) is 0 Å². The van der Waals surface area contributed by atoms with Gasteiger partial charge in [0.25, 0.3) is 5.91 Å². The Labute approximate surface area is 135 Å². The summed E-state index contributed by atoms with van der Waals surface area (Å²) in [7, 11) is 0. The summed E-state index contributed by atoms with van der Waals surface area (Å²) in [6, 6.07) is 8.05. The van der Waals surface area contributed by atoms with Crippen LogP contribution in [-0.4, -0.2) is 25.3 Å². The number of thiophene rings is 1. The molecule has 0 unspecified atom stereocenters. The van der Waals surface area contributed by atoms with Gasteiger partial charge in [0, 0.05) is 5.56 Å². The van der Waals surface area contributed by atoms with E-state index >= 15 is 0 Å². The molecule has 0 bridgehead atoms. The first kappa shape index (κ1) is 16.9. The number of ether oxygens (including phenoxy) is 2. The third-order valence-electron chi connectivity index (χ3n) is 2.63. The van der Waals surface area contributed by atoms with Crippen molar-refractivity contribution in [2.24, 2.45) is 5.10 Å². The van der Waals surface area contributed by atoms with Gasteiger partial charge in [0.15, 0.2) is 11.5 Å². The average molecular weight is 340 g/mol. The molecule has 0 aliphatic heterocycles. The Balaban J connectivity index is 2.16. The maximum absolute atomic E-state index is 12.6. The number of amides is 1. The fraction of sp³-hybridized carbons (Fsp3) is 0.200. The zero-order valence-corrected chi connectivity index (χ0v) is 13.0. The van der Waals surface area contributed by atoms with Crippen LogP contribution in [-0.2, 0) is 0 Å². The third kappa shape index (κ3) is 4.75. The Morgan fingerprint density at radius 1 is 1.39 bits per heavy atom. The molecule has 1 amide bonds. The fourth-order valence-corrected chi connectivity index (χ4v) is 2.36. The molecular formula is C15H14F2N2O3S. The maximum Gasteiger partial charge on any atom is 0.387 e. The molecule has 0 atom stereocenters. The van der Waals surface area contributed by atoms with Crippen LogP contribution in [0.25, 0.3) is 0 Å². The number of alkyl halides is 2. The average Bonchev–Trinajstić information content (AvgIpc) is 3.04. The number of benzene rings is 1. The number of carbonyl (C=O) groups is 1. The van der Waals surface area contributed by atoms with Gasteiger partial charge in [0.2, 0.25) is 0 Å². The van der Waals surface area contributed by atoms with Crippen molar-refractivity contribution >= 4 is 23.5 Å². The molecule has 0 saturated heterocycles. The number of rotatable bonds is 7. The van der Waals surface area contributed by atoms with Gasteiger partial charge in [-0.25, -0.2) is 5.43 Å². The van der Waals surface area contributed by atoms with Crippen molar-refractivity contribution in [2.75, 3.05) is 6.61 Å². The molecule has 0 fully saturated rings. The Hall–Kier alpha value is -2.48. The largest absolute Gasteiger partial charge is 0.490 e. The number of para-hydroxylation sites is 1. The molecule has 8 heteroatoms. The van der Waals surface area contributed by atoms with E-state index in [0.29, 0.717) is 11.5 Å². The Morgan fingerprint density at radius 3 is 2.87 bits per heavy atom. The normalized spacial score (nSPS) is 11.0. The second-order valence-corrected chi connectivity index (χ2v) is 5.11. The number of hydrogen-bond acceptors (Lipinski definition) is 5. The molecule has 0 aliphatic carbocycles. The number of hydrogen-bond donors (Lipinski definition) is 1. The van der Waals surface area contributed by atoms with E-state index in [0.717, 1.165) is 0 Å². The minimum Gasteiger partial charge on any atom is -0.490 e. The highest BCUT2D eigenvalue weighted by Gasteiger charge is 2.14. The monoisotopic (exact) mass is 340 g/mol. The molecule has 0 radical (unpaired) electrons. The van der Waals surface area contributed by atoms with Gasteiger partial charge in [-0.05, 0) is 30.5 Å². The van der Waals surface area contributed by atoms with E-state index in [1.807, 2.05) is 0 Å². The van der Waals surface area contributed by atoms with E-state index in [2.05, 4.69) is 15.3 Å². The number of carbonyl (C=O) groups excluding carboxylic acids is 1. The Bertz CT molecular complexity index is 675. The van der Waals surface area contributed by atoms with Crippen molar-refractivity contribution < 1.29 is 23.0 Å². The topological polar surface area (TPSA) is 59.9 Å². The maximum atomic E-state index is 12.6. The zero-order valence-electron chi connectivity index (χ0n) is 12.2. The van der Waals surface area contributed by atoms with Gasteiger partial charge in [0.05, 0.1) is 17.7 Å². The fourth-order valence-electron chi connectivity index (χ4n) is 1.74. The lowest BCUT2D eigenvalue weighted by Crippen LogP contribution is -2.16.